The van der Waals surface area contributed by atoms with Crippen LogP contribution in [0.15, 0.2) is 36.7 Å². The molecule has 1 aromatic carbocycles. The van der Waals surface area contributed by atoms with Crippen LogP contribution in [-0.4, -0.2) is 17.4 Å². The molecular formula is C15H13ClFNO2. The first kappa shape index (κ1) is 14.5. The van der Waals surface area contributed by atoms with E-state index >= 15 is 0 Å². The Kier molecular flexibility index (Phi) is 4.69. The summed E-state index contributed by atoms with van der Waals surface area (Å²) in [7, 11) is 0. The largest absolute Gasteiger partial charge is 0.492 e. The van der Waals surface area contributed by atoms with Crippen molar-refractivity contribution in [3.63, 3.8) is 0 Å². The second-order valence-corrected chi connectivity index (χ2v) is 4.59. The molecule has 104 valence electrons. The van der Waals surface area contributed by atoms with Gasteiger partial charge in [0.05, 0.1) is 12.8 Å². The number of aromatic nitrogens is 1. The lowest BCUT2D eigenvalue weighted by atomic mass is 10.0. The van der Waals surface area contributed by atoms with Crippen molar-refractivity contribution in [2.24, 2.45) is 0 Å². The average molecular weight is 294 g/mol. The summed E-state index contributed by atoms with van der Waals surface area (Å²) in [5.74, 6) is -0.0256. The Balaban J connectivity index is 2.17. The Bertz CT molecular complexity index is 631. The number of hydrogen-bond acceptors (Lipinski definition) is 3. The van der Waals surface area contributed by atoms with Gasteiger partial charge in [0.2, 0.25) is 0 Å². The molecular weight excluding hydrogens is 281 g/mol. The van der Waals surface area contributed by atoms with Crippen LogP contribution in [0.1, 0.15) is 22.8 Å². The van der Waals surface area contributed by atoms with Crippen LogP contribution < -0.4 is 4.74 Å². The highest BCUT2D eigenvalue weighted by molar-refractivity contribution is 6.31. The van der Waals surface area contributed by atoms with Crippen LogP contribution in [0.2, 0.25) is 5.02 Å². The molecule has 2 rings (SSSR count). The number of halogens is 2. The fourth-order valence-corrected chi connectivity index (χ4v) is 1.99. The summed E-state index contributed by atoms with van der Waals surface area (Å²) in [4.78, 5) is 16.1. The molecule has 0 N–H and O–H groups in total. The highest BCUT2D eigenvalue weighted by Gasteiger charge is 2.11. The first-order chi connectivity index (χ1) is 9.60. The van der Waals surface area contributed by atoms with Crippen molar-refractivity contribution in [1.29, 1.82) is 0 Å². The molecule has 0 unspecified atom stereocenters. The number of rotatable bonds is 5. The Labute approximate surface area is 121 Å². The first-order valence-corrected chi connectivity index (χ1v) is 6.53. The predicted molar refractivity (Wildman–Crippen MR) is 74.9 cm³/mol. The van der Waals surface area contributed by atoms with Crippen LogP contribution in [0.3, 0.4) is 0 Å². The van der Waals surface area contributed by atoms with E-state index in [1.807, 2.05) is 6.92 Å². The molecule has 0 aliphatic rings. The van der Waals surface area contributed by atoms with Crippen molar-refractivity contribution in [3.05, 3.63) is 58.6 Å². The Morgan fingerprint density at radius 2 is 2.15 bits per heavy atom. The number of carbonyl (C=O) groups is 1. The van der Waals surface area contributed by atoms with E-state index in [2.05, 4.69) is 4.98 Å². The molecule has 0 aliphatic heterocycles. The predicted octanol–water partition coefficient (Wildman–Crippen LogP) is 3.70. The van der Waals surface area contributed by atoms with Gasteiger partial charge in [-0.15, -0.1) is 0 Å². The van der Waals surface area contributed by atoms with Crippen LogP contribution in [0.4, 0.5) is 4.39 Å². The summed E-state index contributed by atoms with van der Waals surface area (Å²) in [6.07, 6.45) is 3.11. The number of ether oxygens (including phenoxy) is 1. The van der Waals surface area contributed by atoms with Gasteiger partial charge < -0.3 is 4.74 Å². The topological polar surface area (TPSA) is 39.2 Å². The zero-order valence-corrected chi connectivity index (χ0v) is 11.7. The minimum Gasteiger partial charge on any atom is -0.492 e. The van der Waals surface area contributed by atoms with E-state index in [9.17, 15) is 9.18 Å². The number of benzene rings is 1. The third-order valence-electron chi connectivity index (χ3n) is 2.71. The molecule has 0 bridgehead atoms. The highest BCUT2D eigenvalue weighted by Crippen LogP contribution is 2.20. The smallest absolute Gasteiger partial charge is 0.168 e. The highest BCUT2D eigenvalue weighted by atomic mass is 35.5. The quantitative estimate of drug-likeness (QED) is 0.789. The summed E-state index contributed by atoms with van der Waals surface area (Å²) in [5.41, 5.74) is 1.02. The average Bonchev–Trinajstić information content (AvgIpc) is 2.42. The van der Waals surface area contributed by atoms with Gasteiger partial charge in [-0.25, -0.2) is 4.39 Å². The Hall–Kier alpha value is -1.94. The molecule has 2 aromatic rings. The number of hydrogen-bond donors (Lipinski definition) is 0. The van der Waals surface area contributed by atoms with Crippen LogP contribution >= 0.6 is 11.6 Å². The van der Waals surface area contributed by atoms with E-state index in [1.54, 1.807) is 12.3 Å². The molecule has 0 atom stereocenters. The molecule has 20 heavy (non-hydrogen) atoms. The van der Waals surface area contributed by atoms with Crippen LogP contribution in [0.5, 0.6) is 5.75 Å². The normalized spacial score (nSPS) is 10.3. The lowest BCUT2D eigenvalue weighted by molar-refractivity contribution is 0.0992. The monoisotopic (exact) mass is 293 g/mol. The number of carbonyl (C=O) groups excluding carboxylic acids is 1. The minimum absolute atomic E-state index is 0.0936. The second-order valence-electron chi connectivity index (χ2n) is 4.18. The van der Waals surface area contributed by atoms with Gasteiger partial charge in [-0.3, -0.25) is 9.78 Å². The molecule has 0 aliphatic carbocycles. The molecule has 0 fully saturated rings. The van der Waals surface area contributed by atoms with Gasteiger partial charge in [0.1, 0.15) is 11.6 Å². The van der Waals surface area contributed by atoms with Crippen molar-refractivity contribution in [2.45, 2.75) is 13.3 Å². The van der Waals surface area contributed by atoms with Gasteiger partial charge in [-0.1, -0.05) is 17.7 Å². The molecule has 0 spiro atoms. The van der Waals surface area contributed by atoms with Crippen molar-refractivity contribution in [2.75, 3.05) is 6.61 Å². The van der Waals surface area contributed by atoms with E-state index in [0.717, 1.165) is 0 Å². The molecule has 1 heterocycles. The first-order valence-electron chi connectivity index (χ1n) is 6.15. The Morgan fingerprint density at radius 3 is 2.85 bits per heavy atom. The third-order valence-corrected chi connectivity index (χ3v) is 3.06. The maximum Gasteiger partial charge on any atom is 0.168 e. The van der Waals surface area contributed by atoms with Gasteiger partial charge in [-0.05, 0) is 30.7 Å². The van der Waals surface area contributed by atoms with E-state index in [1.165, 1.54) is 24.4 Å². The molecule has 0 saturated carbocycles. The lowest BCUT2D eigenvalue weighted by Gasteiger charge is -2.06. The molecule has 0 saturated heterocycles. The van der Waals surface area contributed by atoms with Crippen LogP contribution in [0, 0.1) is 5.82 Å². The van der Waals surface area contributed by atoms with Crippen LogP contribution in [-0.2, 0) is 6.42 Å². The fourth-order valence-electron chi connectivity index (χ4n) is 1.76. The molecule has 1 aromatic heterocycles. The van der Waals surface area contributed by atoms with Crippen molar-refractivity contribution < 1.29 is 13.9 Å². The van der Waals surface area contributed by atoms with Gasteiger partial charge in [0.25, 0.3) is 0 Å². The maximum absolute atomic E-state index is 12.9. The van der Waals surface area contributed by atoms with Gasteiger partial charge in [-0.2, -0.15) is 0 Å². The van der Waals surface area contributed by atoms with Crippen molar-refractivity contribution in [1.82, 2.24) is 4.98 Å². The molecule has 3 nitrogen and oxygen atoms in total. The zero-order chi connectivity index (χ0) is 14.5. The minimum atomic E-state index is -0.425. The maximum atomic E-state index is 12.9. The summed E-state index contributed by atoms with van der Waals surface area (Å²) >= 11 is 5.91. The lowest BCUT2D eigenvalue weighted by Crippen LogP contribution is -2.05. The van der Waals surface area contributed by atoms with E-state index in [-0.39, 0.29) is 17.2 Å². The standard InChI is InChI=1S/C15H13ClFNO2/c1-2-20-13-5-11(8-18-9-13)15(19)6-10-3-4-12(17)7-14(10)16/h3-5,7-9H,2,6H2,1H3. The summed E-state index contributed by atoms with van der Waals surface area (Å²) in [6.45, 7) is 2.36. The summed E-state index contributed by atoms with van der Waals surface area (Å²) < 4.78 is 18.2. The fraction of sp³-hybridized carbons (Fsp3) is 0.200. The third kappa shape index (κ3) is 3.54. The van der Waals surface area contributed by atoms with E-state index in [0.29, 0.717) is 23.5 Å². The number of Topliss-reactive ketones (excluding diaryl/α,β-unsaturated/α-hetero) is 1. The summed E-state index contributed by atoms with van der Waals surface area (Å²) in [5, 5.41) is 0.243. The zero-order valence-electron chi connectivity index (χ0n) is 10.9. The van der Waals surface area contributed by atoms with Crippen LogP contribution in [0.25, 0.3) is 0 Å². The van der Waals surface area contributed by atoms with Crippen molar-refractivity contribution >= 4 is 17.4 Å². The van der Waals surface area contributed by atoms with E-state index < -0.39 is 5.82 Å². The van der Waals surface area contributed by atoms with Gasteiger partial charge in [0.15, 0.2) is 5.78 Å². The van der Waals surface area contributed by atoms with Gasteiger partial charge >= 0.3 is 0 Å². The number of nitrogens with zero attached hydrogens (tertiary/aromatic N) is 1. The number of ketones is 1. The van der Waals surface area contributed by atoms with Gasteiger partial charge in [0, 0.05) is 23.2 Å². The molecule has 0 amide bonds. The molecule has 0 radical (unpaired) electrons. The second kappa shape index (κ2) is 6.48. The number of pyridine rings is 1. The Morgan fingerprint density at radius 1 is 1.35 bits per heavy atom. The van der Waals surface area contributed by atoms with E-state index in [4.69, 9.17) is 16.3 Å². The SMILES string of the molecule is CCOc1cncc(C(=O)Cc2ccc(F)cc2Cl)c1. The molecule has 5 heteroatoms. The summed E-state index contributed by atoms with van der Waals surface area (Å²) in [6, 6.07) is 5.62. The van der Waals surface area contributed by atoms with Crippen molar-refractivity contribution in [3.8, 4) is 5.75 Å².